The van der Waals surface area contributed by atoms with Crippen molar-refractivity contribution in [2.75, 3.05) is 5.73 Å². The third kappa shape index (κ3) is 3.33. The number of nitrogen functional groups attached to an aromatic ring is 1. The van der Waals surface area contributed by atoms with Gasteiger partial charge in [-0.2, -0.15) is 5.10 Å². The number of anilines is 1. The Kier molecular flexibility index (Phi) is 4.68. The van der Waals surface area contributed by atoms with E-state index in [1.165, 1.54) is 11.1 Å². The molecule has 1 aliphatic carbocycles. The van der Waals surface area contributed by atoms with Crippen LogP contribution in [0.4, 0.5) is 5.82 Å². The van der Waals surface area contributed by atoms with Gasteiger partial charge in [-0.25, -0.2) is 24.3 Å². The number of benzene rings is 1. The zero-order valence-corrected chi connectivity index (χ0v) is 20.4. The molecule has 0 aliphatic heterocycles. The number of imidazole rings is 1. The Balaban J connectivity index is 1.42. The summed E-state index contributed by atoms with van der Waals surface area (Å²) in [5.41, 5.74) is 14.1. The SMILES string of the molecule is Cc1nnn([C@H]2CCc3cc(-n4c(-c5cccnc5N)nc5ccc(-n6cccn6)nc54)ccc32)c1C. The van der Waals surface area contributed by atoms with Crippen LogP contribution in [0.15, 0.2) is 67.1 Å². The maximum Gasteiger partial charge on any atom is 0.167 e. The third-order valence-electron chi connectivity index (χ3n) is 7.19. The van der Waals surface area contributed by atoms with Gasteiger partial charge in [-0.1, -0.05) is 11.3 Å². The van der Waals surface area contributed by atoms with Crippen LogP contribution < -0.4 is 5.73 Å². The summed E-state index contributed by atoms with van der Waals surface area (Å²) >= 11 is 0. The molecule has 0 amide bonds. The minimum absolute atomic E-state index is 0.183. The molecule has 0 saturated carbocycles. The number of fused-ring (bicyclic) bond motifs is 2. The molecular weight excluding hydrogens is 464 g/mol. The summed E-state index contributed by atoms with van der Waals surface area (Å²) in [6, 6.07) is 16.3. The highest BCUT2D eigenvalue weighted by Crippen LogP contribution is 2.38. The van der Waals surface area contributed by atoms with Crippen LogP contribution in [0, 0.1) is 13.8 Å². The molecule has 182 valence electrons. The predicted molar refractivity (Wildman–Crippen MR) is 140 cm³/mol. The van der Waals surface area contributed by atoms with Gasteiger partial charge in [0.1, 0.15) is 11.3 Å². The van der Waals surface area contributed by atoms with E-state index in [0.717, 1.165) is 46.6 Å². The molecule has 37 heavy (non-hydrogen) atoms. The average Bonchev–Trinajstić information content (AvgIpc) is 3.70. The van der Waals surface area contributed by atoms with Crippen molar-refractivity contribution in [3.05, 3.63) is 89.6 Å². The van der Waals surface area contributed by atoms with Gasteiger partial charge in [0.05, 0.1) is 23.0 Å². The van der Waals surface area contributed by atoms with Crippen molar-refractivity contribution < 1.29 is 0 Å². The second-order valence-electron chi connectivity index (χ2n) is 9.31. The Morgan fingerprint density at radius 3 is 2.70 bits per heavy atom. The highest BCUT2D eigenvalue weighted by molar-refractivity contribution is 5.83. The van der Waals surface area contributed by atoms with E-state index < -0.39 is 0 Å². The quantitative estimate of drug-likeness (QED) is 0.398. The first-order chi connectivity index (χ1) is 18.1. The van der Waals surface area contributed by atoms with Gasteiger partial charge in [0.2, 0.25) is 0 Å². The molecule has 0 spiro atoms. The van der Waals surface area contributed by atoms with Gasteiger partial charge in [0.25, 0.3) is 0 Å². The van der Waals surface area contributed by atoms with Crippen LogP contribution in [0.3, 0.4) is 0 Å². The Morgan fingerprint density at radius 1 is 1.00 bits per heavy atom. The highest BCUT2D eigenvalue weighted by atomic mass is 15.4. The van der Waals surface area contributed by atoms with Gasteiger partial charge in [-0.3, -0.25) is 4.57 Å². The van der Waals surface area contributed by atoms with Crippen LogP contribution >= 0.6 is 0 Å². The van der Waals surface area contributed by atoms with Crippen molar-refractivity contribution in [2.45, 2.75) is 32.7 Å². The molecule has 2 N–H and O–H groups in total. The lowest BCUT2D eigenvalue weighted by atomic mass is 10.1. The van der Waals surface area contributed by atoms with Crippen molar-refractivity contribution in [1.29, 1.82) is 0 Å². The molecule has 0 bridgehead atoms. The molecule has 10 nitrogen and oxygen atoms in total. The summed E-state index contributed by atoms with van der Waals surface area (Å²) < 4.78 is 5.85. The van der Waals surface area contributed by atoms with Crippen LogP contribution in [0.1, 0.15) is 35.0 Å². The van der Waals surface area contributed by atoms with E-state index in [0.29, 0.717) is 17.5 Å². The summed E-state index contributed by atoms with van der Waals surface area (Å²) in [5.74, 6) is 1.83. The fourth-order valence-electron chi connectivity index (χ4n) is 5.20. The van der Waals surface area contributed by atoms with E-state index in [4.69, 9.17) is 15.7 Å². The Bertz CT molecular complexity index is 1780. The predicted octanol–water partition coefficient (Wildman–Crippen LogP) is 3.99. The highest BCUT2D eigenvalue weighted by Gasteiger charge is 2.28. The molecule has 6 aromatic rings. The number of aryl methyl sites for hydroxylation is 2. The number of aromatic nitrogens is 9. The molecule has 7 rings (SSSR count). The summed E-state index contributed by atoms with van der Waals surface area (Å²) in [6.45, 7) is 4.07. The summed E-state index contributed by atoms with van der Waals surface area (Å²) in [5, 5.41) is 13.0. The monoisotopic (exact) mass is 488 g/mol. The van der Waals surface area contributed by atoms with Crippen molar-refractivity contribution in [3.8, 4) is 22.9 Å². The van der Waals surface area contributed by atoms with Gasteiger partial charge in [0, 0.05) is 24.3 Å². The van der Waals surface area contributed by atoms with Gasteiger partial charge >= 0.3 is 0 Å². The first-order valence-electron chi connectivity index (χ1n) is 12.2. The summed E-state index contributed by atoms with van der Waals surface area (Å²) in [4.78, 5) is 14.2. The average molecular weight is 489 g/mol. The van der Waals surface area contributed by atoms with Gasteiger partial charge in [-0.15, -0.1) is 5.10 Å². The topological polar surface area (TPSA) is 118 Å². The van der Waals surface area contributed by atoms with Crippen molar-refractivity contribution in [3.63, 3.8) is 0 Å². The van der Waals surface area contributed by atoms with Crippen LogP contribution in [0.5, 0.6) is 0 Å². The largest absolute Gasteiger partial charge is 0.383 e. The number of nitrogens with zero attached hydrogens (tertiary/aromatic N) is 9. The second-order valence-corrected chi connectivity index (χ2v) is 9.31. The first-order valence-corrected chi connectivity index (χ1v) is 12.2. The minimum atomic E-state index is 0.183. The standard InChI is InChI=1S/C27H24N10/c1-16-17(2)37(34-33-16)23-10-6-18-15-19(7-8-20(18)23)36-26(21-5-3-12-29-25(21)28)31-22-9-11-24(32-27(22)36)35-14-4-13-30-35/h3-5,7-9,11-15,23H,6,10H2,1-2H3,(H2,28,29)/t23-/m0/s1. The van der Waals surface area contributed by atoms with Gasteiger partial charge < -0.3 is 5.73 Å². The number of hydrogen-bond acceptors (Lipinski definition) is 7. The normalized spacial score (nSPS) is 14.9. The maximum absolute atomic E-state index is 6.30. The molecule has 0 saturated heterocycles. The molecule has 10 heteroatoms. The number of rotatable bonds is 4. The van der Waals surface area contributed by atoms with Gasteiger partial charge in [-0.05, 0) is 80.3 Å². The van der Waals surface area contributed by atoms with Gasteiger partial charge in [0.15, 0.2) is 17.3 Å². The number of hydrogen-bond donors (Lipinski definition) is 1. The van der Waals surface area contributed by atoms with Crippen molar-refractivity contribution >= 4 is 17.0 Å². The van der Waals surface area contributed by atoms with E-state index in [9.17, 15) is 0 Å². The molecule has 0 fully saturated rings. The molecular formula is C27H24N10. The van der Waals surface area contributed by atoms with E-state index in [1.807, 2.05) is 48.1 Å². The lowest BCUT2D eigenvalue weighted by molar-refractivity contribution is 0.493. The molecule has 0 unspecified atom stereocenters. The van der Waals surface area contributed by atoms with Crippen LogP contribution in [-0.2, 0) is 6.42 Å². The molecule has 1 aromatic carbocycles. The molecule has 5 heterocycles. The Morgan fingerprint density at radius 2 is 1.92 bits per heavy atom. The van der Waals surface area contributed by atoms with E-state index in [-0.39, 0.29) is 6.04 Å². The van der Waals surface area contributed by atoms with E-state index >= 15 is 0 Å². The number of nitrogens with two attached hydrogens (primary N) is 1. The molecule has 1 aliphatic rings. The molecule has 1 atom stereocenters. The third-order valence-corrected chi connectivity index (χ3v) is 7.19. The maximum atomic E-state index is 6.30. The zero-order chi connectivity index (χ0) is 25.1. The van der Waals surface area contributed by atoms with Crippen LogP contribution in [-0.4, -0.2) is 44.3 Å². The van der Waals surface area contributed by atoms with Crippen molar-refractivity contribution in [2.24, 2.45) is 0 Å². The van der Waals surface area contributed by atoms with Crippen LogP contribution in [0.25, 0.3) is 34.1 Å². The van der Waals surface area contributed by atoms with Crippen molar-refractivity contribution in [1.82, 2.24) is 44.3 Å². The fourth-order valence-corrected chi connectivity index (χ4v) is 5.20. The molecule has 5 aromatic heterocycles. The van der Waals surface area contributed by atoms with E-state index in [2.05, 4.69) is 50.1 Å². The summed E-state index contributed by atoms with van der Waals surface area (Å²) in [7, 11) is 0. The second kappa shape index (κ2) is 8.09. The minimum Gasteiger partial charge on any atom is -0.383 e. The van der Waals surface area contributed by atoms with E-state index in [1.54, 1.807) is 17.1 Å². The summed E-state index contributed by atoms with van der Waals surface area (Å²) in [6.07, 6.45) is 7.23. The van der Waals surface area contributed by atoms with Crippen LogP contribution in [0.2, 0.25) is 0 Å². The Hall–Kier alpha value is -4.86. The smallest absolute Gasteiger partial charge is 0.167 e. The number of pyridine rings is 2. The first kappa shape index (κ1) is 21.4. The fraction of sp³-hybridized carbons (Fsp3) is 0.185. The molecule has 0 radical (unpaired) electrons. The zero-order valence-electron chi connectivity index (χ0n) is 20.4. The lowest BCUT2D eigenvalue weighted by Gasteiger charge is -2.15. The Labute approximate surface area is 212 Å². The lowest BCUT2D eigenvalue weighted by Crippen LogP contribution is -2.11.